The van der Waals surface area contributed by atoms with Gasteiger partial charge in [-0.3, -0.25) is 0 Å². The normalized spacial score (nSPS) is 13.8. The summed E-state index contributed by atoms with van der Waals surface area (Å²) in [6.07, 6.45) is -12.3. The summed E-state index contributed by atoms with van der Waals surface area (Å²) in [5, 5.41) is 0. The van der Waals surface area contributed by atoms with Gasteiger partial charge in [-0.15, -0.1) is 0 Å². The standard InChI is InChI=1S/C27H32F10N2O3/c1-19(28)8-5-7-15-41-22-16-38-23(39-17-22)21-12-10-20(11-13-21)9-4-2-3-6-14-40-18-24(29,30)26(34,35)42-27(36,37)25(31,32)33/h10-13,16-17,19H,2-9,14-15,18H2,1H3/t19-/m1/s1. The molecule has 0 aliphatic heterocycles. The second-order valence-electron chi connectivity index (χ2n) is 9.62. The third kappa shape index (κ3) is 11.5. The number of unbranched alkanes of at least 4 members (excludes halogenated alkanes) is 4. The highest BCUT2D eigenvalue weighted by Crippen LogP contribution is 2.45. The fourth-order valence-corrected chi connectivity index (χ4v) is 3.54. The number of aromatic nitrogens is 2. The number of alkyl halides is 10. The van der Waals surface area contributed by atoms with Crippen molar-refractivity contribution in [1.82, 2.24) is 9.97 Å². The molecule has 0 saturated carbocycles. The Balaban J connectivity index is 1.64. The van der Waals surface area contributed by atoms with Gasteiger partial charge in [0.1, 0.15) is 6.61 Å². The lowest BCUT2D eigenvalue weighted by Crippen LogP contribution is -2.53. The van der Waals surface area contributed by atoms with Crippen molar-refractivity contribution in [3.63, 3.8) is 0 Å². The first-order valence-electron chi connectivity index (χ1n) is 13.2. The lowest BCUT2D eigenvalue weighted by atomic mass is 10.0. The molecule has 0 unspecified atom stereocenters. The van der Waals surface area contributed by atoms with Gasteiger partial charge < -0.3 is 9.47 Å². The zero-order chi connectivity index (χ0) is 31.4. The van der Waals surface area contributed by atoms with E-state index in [0.717, 1.165) is 24.0 Å². The van der Waals surface area contributed by atoms with Crippen molar-refractivity contribution < 1.29 is 58.1 Å². The van der Waals surface area contributed by atoms with Gasteiger partial charge in [0.15, 0.2) is 11.6 Å². The van der Waals surface area contributed by atoms with Crippen molar-refractivity contribution in [2.45, 2.75) is 88.8 Å². The molecule has 0 bridgehead atoms. The SMILES string of the molecule is C[C@@H](F)CCCCOc1cnc(-c2ccc(CCCCCCOCC(F)(F)C(F)(F)OC(F)(F)C(F)(F)F)cc2)nc1. The second kappa shape index (κ2) is 15.7. The number of ether oxygens (including phenoxy) is 3. The zero-order valence-corrected chi connectivity index (χ0v) is 22.7. The van der Waals surface area contributed by atoms with Gasteiger partial charge in [0.05, 0.1) is 25.2 Å². The lowest BCUT2D eigenvalue weighted by Gasteiger charge is -2.30. The maximum atomic E-state index is 13.5. The van der Waals surface area contributed by atoms with E-state index in [1.54, 1.807) is 12.4 Å². The molecule has 1 heterocycles. The molecule has 1 aromatic carbocycles. The number of aryl methyl sites for hydroxylation is 1. The Morgan fingerprint density at radius 2 is 1.33 bits per heavy atom. The van der Waals surface area contributed by atoms with Crippen LogP contribution in [0.1, 0.15) is 57.4 Å². The Morgan fingerprint density at radius 1 is 0.738 bits per heavy atom. The first-order chi connectivity index (χ1) is 19.5. The highest BCUT2D eigenvalue weighted by atomic mass is 19.4. The molecule has 0 aliphatic carbocycles. The van der Waals surface area contributed by atoms with Crippen LogP contribution in [0.5, 0.6) is 5.75 Å². The summed E-state index contributed by atoms with van der Waals surface area (Å²) < 4.78 is 139. The number of hydrogen-bond donors (Lipinski definition) is 0. The van der Waals surface area contributed by atoms with Gasteiger partial charge in [-0.05, 0) is 51.0 Å². The highest BCUT2D eigenvalue weighted by molar-refractivity contribution is 5.55. The molecule has 0 N–H and O–H groups in total. The third-order valence-electron chi connectivity index (χ3n) is 5.90. The predicted octanol–water partition coefficient (Wildman–Crippen LogP) is 8.57. The molecule has 2 rings (SSSR count). The summed E-state index contributed by atoms with van der Waals surface area (Å²) in [7, 11) is 0. The molecule has 15 heteroatoms. The van der Waals surface area contributed by atoms with Crippen LogP contribution in [0.2, 0.25) is 0 Å². The van der Waals surface area contributed by atoms with E-state index in [-0.39, 0.29) is 6.42 Å². The second-order valence-corrected chi connectivity index (χ2v) is 9.62. The van der Waals surface area contributed by atoms with Crippen LogP contribution in [0.15, 0.2) is 36.7 Å². The molecule has 5 nitrogen and oxygen atoms in total. The Kier molecular flexibility index (Phi) is 13.3. The first-order valence-corrected chi connectivity index (χ1v) is 13.2. The van der Waals surface area contributed by atoms with Crippen molar-refractivity contribution in [2.24, 2.45) is 0 Å². The summed E-state index contributed by atoms with van der Waals surface area (Å²) in [5.74, 6) is -4.39. The van der Waals surface area contributed by atoms with Gasteiger partial charge >= 0.3 is 24.3 Å². The van der Waals surface area contributed by atoms with E-state index in [4.69, 9.17) is 4.74 Å². The van der Waals surface area contributed by atoms with Gasteiger partial charge in [-0.25, -0.2) is 19.1 Å². The van der Waals surface area contributed by atoms with Crippen LogP contribution >= 0.6 is 0 Å². The van der Waals surface area contributed by atoms with Crippen LogP contribution < -0.4 is 4.74 Å². The van der Waals surface area contributed by atoms with E-state index >= 15 is 0 Å². The van der Waals surface area contributed by atoms with Crippen molar-refractivity contribution in [2.75, 3.05) is 19.8 Å². The number of benzene rings is 1. The van der Waals surface area contributed by atoms with Gasteiger partial charge in [-0.2, -0.15) is 39.5 Å². The van der Waals surface area contributed by atoms with Crippen LogP contribution in [0.3, 0.4) is 0 Å². The number of halogens is 10. The van der Waals surface area contributed by atoms with E-state index in [1.165, 1.54) is 6.92 Å². The molecule has 1 atom stereocenters. The molecule has 2 aromatic rings. The van der Waals surface area contributed by atoms with Crippen LogP contribution in [0.4, 0.5) is 43.9 Å². The fraction of sp³-hybridized carbons (Fsp3) is 0.630. The van der Waals surface area contributed by atoms with E-state index in [1.807, 2.05) is 24.3 Å². The van der Waals surface area contributed by atoms with Crippen LogP contribution in [-0.4, -0.2) is 60.3 Å². The number of hydrogen-bond acceptors (Lipinski definition) is 5. The average molecular weight is 623 g/mol. The van der Waals surface area contributed by atoms with Crippen LogP contribution in [-0.2, 0) is 15.9 Å². The molecular formula is C27H32F10N2O3. The Hall–Kier alpha value is -2.68. The van der Waals surface area contributed by atoms with E-state index < -0.39 is 43.7 Å². The summed E-state index contributed by atoms with van der Waals surface area (Å²) >= 11 is 0. The molecule has 0 spiro atoms. The largest absolute Gasteiger partial charge is 0.490 e. The third-order valence-corrected chi connectivity index (χ3v) is 5.90. The van der Waals surface area contributed by atoms with Crippen LogP contribution in [0.25, 0.3) is 11.4 Å². The molecule has 0 fully saturated rings. The fourth-order valence-electron chi connectivity index (χ4n) is 3.54. The molecule has 238 valence electrons. The monoisotopic (exact) mass is 622 g/mol. The first kappa shape index (κ1) is 35.5. The average Bonchev–Trinajstić information content (AvgIpc) is 2.89. The van der Waals surface area contributed by atoms with E-state index in [2.05, 4.69) is 19.4 Å². The Morgan fingerprint density at radius 3 is 1.93 bits per heavy atom. The maximum Gasteiger partial charge on any atom is 0.483 e. The van der Waals surface area contributed by atoms with Gasteiger partial charge in [0.2, 0.25) is 0 Å². The summed E-state index contributed by atoms with van der Waals surface area (Å²) in [6, 6.07) is 7.48. The minimum Gasteiger partial charge on any atom is -0.490 e. The summed E-state index contributed by atoms with van der Waals surface area (Å²) in [5.41, 5.74) is 1.80. The predicted molar refractivity (Wildman–Crippen MR) is 132 cm³/mol. The van der Waals surface area contributed by atoms with Crippen molar-refractivity contribution >= 4 is 0 Å². The van der Waals surface area contributed by atoms with E-state index in [9.17, 15) is 43.9 Å². The molecular weight excluding hydrogens is 590 g/mol. The Bertz CT molecular complexity index is 1050. The van der Waals surface area contributed by atoms with E-state index in [0.29, 0.717) is 50.3 Å². The maximum absolute atomic E-state index is 13.5. The lowest BCUT2D eigenvalue weighted by molar-refractivity contribution is -0.487. The summed E-state index contributed by atoms with van der Waals surface area (Å²) in [4.78, 5) is 8.58. The zero-order valence-electron chi connectivity index (χ0n) is 22.7. The molecule has 0 amide bonds. The highest BCUT2D eigenvalue weighted by Gasteiger charge is 2.70. The number of rotatable bonds is 19. The molecule has 0 aliphatic rings. The number of nitrogens with zero attached hydrogens (tertiary/aromatic N) is 2. The van der Waals surface area contributed by atoms with Gasteiger partial charge in [0, 0.05) is 12.2 Å². The molecule has 42 heavy (non-hydrogen) atoms. The van der Waals surface area contributed by atoms with Crippen molar-refractivity contribution in [3.05, 3.63) is 42.2 Å². The van der Waals surface area contributed by atoms with Gasteiger partial charge in [-0.1, -0.05) is 37.1 Å². The molecule has 0 radical (unpaired) electrons. The molecule has 1 aromatic heterocycles. The smallest absolute Gasteiger partial charge is 0.483 e. The van der Waals surface area contributed by atoms with Crippen molar-refractivity contribution in [3.8, 4) is 17.1 Å². The Labute approximate surface area is 236 Å². The minimum absolute atomic E-state index is 0.175. The topological polar surface area (TPSA) is 53.5 Å². The quantitative estimate of drug-likeness (QED) is 0.116. The molecule has 0 saturated heterocycles. The van der Waals surface area contributed by atoms with Gasteiger partial charge in [0.25, 0.3) is 0 Å². The van der Waals surface area contributed by atoms with Crippen LogP contribution in [0, 0.1) is 0 Å². The summed E-state index contributed by atoms with van der Waals surface area (Å²) in [6.45, 7) is -0.567. The van der Waals surface area contributed by atoms with Crippen molar-refractivity contribution in [1.29, 1.82) is 0 Å². The minimum atomic E-state index is -6.59.